The number of aromatic nitrogens is 2. The first-order chi connectivity index (χ1) is 12.5. The Morgan fingerprint density at radius 2 is 1.85 bits per heavy atom. The van der Waals surface area contributed by atoms with Gasteiger partial charge in [0.25, 0.3) is 0 Å². The summed E-state index contributed by atoms with van der Waals surface area (Å²) < 4.78 is 57.2. The first kappa shape index (κ1) is 17.1. The Hall–Kier alpha value is -2.35. The molecule has 0 atom stereocenters. The van der Waals surface area contributed by atoms with Gasteiger partial charge >= 0.3 is 12.1 Å². The minimum absolute atomic E-state index is 0.183. The highest BCUT2D eigenvalue weighted by Crippen LogP contribution is 2.36. The van der Waals surface area contributed by atoms with Crippen LogP contribution in [-0.4, -0.2) is 25.7 Å². The highest BCUT2D eigenvalue weighted by atomic mass is 19.4. The molecule has 0 fully saturated rings. The molecule has 0 saturated carbocycles. The van der Waals surface area contributed by atoms with Crippen molar-refractivity contribution < 1.29 is 30.9 Å². The van der Waals surface area contributed by atoms with Crippen molar-refractivity contribution in [3.8, 4) is 0 Å². The van der Waals surface area contributed by atoms with Crippen LogP contribution in [0.2, 0.25) is 0 Å². The Bertz CT molecular complexity index is 911. The molecule has 0 aliphatic carbocycles. The Kier molecular flexibility index (Phi) is 4.44. The second-order valence-electron chi connectivity index (χ2n) is 6.96. The van der Waals surface area contributed by atoms with Crippen molar-refractivity contribution in [1.29, 1.82) is 0 Å². The van der Waals surface area contributed by atoms with Gasteiger partial charge in [-0.25, -0.2) is 9.78 Å². The second-order valence-corrected chi connectivity index (χ2v) is 6.96. The van der Waals surface area contributed by atoms with Crippen LogP contribution in [0.5, 0.6) is 0 Å². The van der Waals surface area contributed by atoms with E-state index in [-0.39, 0.29) is 29.3 Å². The number of carboxylic acids is 1. The Morgan fingerprint density at radius 1 is 1.27 bits per heavy atom. The molecule has 0 bridgehead atoms. The summed E-state index contributed by atoms with van der Waals surface area (Å²) in [6.45, 7) is 3.15. The number of imidazole rings is 1. The summed E-state index contributed by atoms with van der Waals surface area (Å²) in [5.74, 6) is -1.01. The molecule has 1 heterocycles. The van der Waals surface area contributed by atoms with Crippen molar-refractivity contribution in [1.82, 2.24) is 9.55 Å². The fraction of sp³-hybridized carbons (Fsp3) is 0.444. The molecular weight excluding hydrogens is 349 g/mol. The molecule has 0 aliphatic rings. The van der Waals surface area contributed by atoms with E-state index in [1.54, 1.807) is 20.8 Å². The Balaban J connectivity index is 2.76. The first-order valence-corrected chi connectivity index (χ1v) is 7.78. The zero-order valence-electron chi connectivity index (χ0n) is 16.8. The molecule has 1 aromatic heterocycles. The van der Waals surface area contributed by atoms with Crippen LogP contribution in [0.15, 0.2) is 18.2 Å². The summed E-state index contributed by atoms with van der Waals surface area (Å²) in [6, 6.07) is 3.26. The lowest BCUT2D eigenvalue weighted by Crippen LogP contribution is -2.22. The number of halogens is 3. The molecule has 5 nitrogen and oxygen atoms in total. The molecule has 2 N–H and O–H groups in total. The average molecular weight is 372 g/mol. The number of benzene rings is 1. The quantitative estimate of drug-likeness (QED) is 0.857. The third-order valence-electron chi connectivity index (χ3n) is 3.98. The largest absolute Gasteiger partial charge is 0.476 e. The molecule has 0 amide bonds. The smallest absolute Gasteiger partial charge is 0.417 e. The lowest BCUT2D eigenvalue weighted by Gasteiger charge is -2.23. The van der Waals surface area contributed by atoms with E-state index < -0.39 is 35.2 Å². The number of hydrogen-bond acceptors (Lipinski definition) is 3. The number of rotatable bonds is 4. The van der Waals surface area contributed by atoms with E-state index in [0.29, 0.717) is 0 Å². The fourth-order valence-electron chi connectivity index (χ4n) is 2.83. The zero-order chi connectivity index (χ0) is 21.7. The van der Waals surface area contributed by atoms with Crippen molar-refractivity contribution in [3.63, 3.8) is 0 Å². The van der Waals surface area contributed by atoms with Gasteiger partial charge in [-0.2, -0.15) is 13.2 Å². The van der Waals surface area contributed by atoms with E-state index in [9.17, 15) is 28.2 Å². The average Bonchev–Trinajstić information content (AvgIpc) is 2.82. The summed E-state index contributed by atoms with van der Waals surface area (Å²) in [5.41, 5.74) is -3.21. The van der Waals surface area contributed by atoms with Gasteiger partial charge in [0, 0.05) is 17.7 Å². The van der Waals surface area contributed by atoms with Crippen molar-refractivity contribution in [2.24, 2.45) is 0 Å². The molecule has 0 spiro atoms. The SMILES string of the molecule is [2H]C([2H])(O)c1cccc(Cn2c(C(C)(C)C)nc(C(=O)O)c2C)c1C(F)(F)F. The number of carbonyl (C=O) groups is 1. The minimum Gasteiger partial charge on any atom is -0.476 e. The molecule has 2 aromatic rings. The van der Waals surface area contributed by atoms with Crippen LogP contribution in [0.1, 0.15) is 62.2 Å². The summed E-state index contributed by atoms with van der Waals surface area (Å²) >= 11 is 0. The third-order valence-corrected chi connectivity index (χ3v) is 3.98. The number of alkyl halides is 3. The number of carboxylic acid groups (broad SMARTS) is 1. The molecule has 142 valence electrons. The number of aromatic carboxylic acids is 1. The van der Waals surface area contributed by atoms with E-state index in [1.807, 2.05) is 0 Å². The molecule has 26 heavy (non-hydrogen) atoms. The van der Waals surface area contributed by atoms with Gasteiger partial charge in [0.15, 0.2) is 5.69 Å². The van der Waals surface area contributed by atoms with Crippen LogP contribution in [0.4, 0.5) is 13.2 Å². The standard InChI is InChI=1S/C18H21F3N2O3/c1-10-14(15(25)26)22-16(17(2,3)4)23(10)8-11-6-5-7-12(9-24)13(11)18(19,20)21/h5-7,24H,8-9H2,1-4H3,(H,25,26)/i9D2. The molecule has 1 aromatic carbocycles. The summed E-state index contributed by atoms with van der Waals surface area (Å²) in [4.78, 5) is 15.5. The number of nitrogens with zero attached hydrogens (tertiary/aromatic N) is 2. The van der Waals surface area contributed by atoms with Gasteiger partial charge < -0.3 is 14.8 Å². The van der Waals surface area contributed by atoms with Gasteiger partial charge in [-0.3, -0.25) is 0 Å². The van der Waals surface area contributed by atoms with E-state index in [2.05, 4.69) is 4.98 Å². The molecule has 8 heteroatoms. The van der Waals surface area contributed by atoms with Crippen LogP contribution in [-0.2, 0) is 24.7 Å². The lowest BCUT2D eigenvalue weighted by atomic mass is 9.95. The normalized spacial score (nSPS) is 14.2. The Labute approximate surface area is 151 Å². The zero-order valence-corrected chi connectivity index (χ0v) is 14.8. The Morgan fingerprint density at radius 3 is 2.31 bits per heavy atom. The van der Waals surface area contributed by atoms with Crippen LogP contribution in [0, 0.1) is 6.92 Å². The molecule has 0 aliphatic heterocycles. The van der Waals surface area contributed by atoms with Gasteiger partial charge in [-0.1, -0.05) is 39.0 Å². The molecule has 0 saturated heterocycles. The highest BCUT2D eigenvalue weighted by Gasteiger charge is 2.36. The van der Waals surface area contributed by atoms with Crippen LogP contribution in [0.3, 0.4) is 0 Å². The van der Waals surface area contributed by atoms with Crippen LogP contribution < -0.4 is 0 Å². The van der Waals surface area contributed by atoms with E-state index in [1.165, 1.54) is 23.6 Å². The van der Waals surface area contributed by atoms with Gasteiger partial charge in [0.2, 0.25) is 0 Å². The monoisotopic (exact) mass is 372 g/mol. The summed E-state index contributed by atoms with van der Waals surface area (Å²) in [5, 5.41) is 18.9. The first-order valence-electron chi connectivity index (χ1n) is 8.78. The lowest BCUT2D eigenvalue weighted by molar-refractivity contribution is -0.139. The predicted molar refractivity (Wildman–Crippen MR) is 89.1 cm³/mol. The fourth-order valence-corrected chi connectivity index (χ4v) is 2.83. The van der Waals surface area contributed by atoms with Gasteiger partial charge in [-0.15, -0.1) is 0 Å². The predicted octanol–water partition coefficient (Wildman–Crippen LogP) is 3.75. The summed E-state index contributed by atoms with van der Waals surface area (Å²) in [6.07, 6.45) is -4.92. The molecular formula is C18H21F3N2O3. The molecule has 2 rings (SSSR count). The van der Waals surface area contributed by atoms with E-state index in [4.69, 9.17) is 2.74 Å². The second kappa shape index (κ2) is 6.75. The van der Waals surface area contributed by atoms with Crippen LogP contribution >= 0.6 is 0 Å². The molecule has 0 unspecified atom stereocenters. The molecule has 0 radical (unpaired) electrons. The maximum atomic E-state index is 13.7. The van der Waals surface area contributed by atoms with Crippen molar-refractivity contribution in [2.75, 3.05) is 0 Å². The van der Waals surface area contributed by atoms with Gasteiger partial charge in [0.05, 0.1) is 14.9 Å². The van der Waals surface area contributed by atoms with E-state index >= 15 is 0 Å². The third kappa shape index (κ3) is 3.75. The van der Waals surface area contributed by atoms with E-state index in [0.717, 1.165) is 6.07 Å². The topological polar surface area (TPSA) is 75.3 Å². The van der Waals surface area contributed by atoms with Gasteiger partial charge in [0.1, 0.15) is 5.82 Å². The number of aliphatic hydroxyl groups is 1. The van der Waals surface area contributed by atoms with Crippen LogP contribution in [0.25, 0.3) is 0 Å². The van der Waals surface area contributed by atoms with Crippen molar-refractivity contribution in [2.45, 2.75) is 52.4 Å². The highest BCUT2D eigenvalue weighted by molar-refractivity contribution is 5.86. The number of hydrogen-bond donors (Lipinski definition) is 2. The summed E-state index contributed by atoms with van der Waals surface area (Å²) in [7, 11) is 0. The maximum Gasteiger partial charge on any atom is 0.417 e. The maximum absolute atomic E-state index is 13.7. The minimum atomic E-state index is -4.92. The van der Waals surface area contributed by atoms with Crippen molar-refractivity contribution in [3.05, 3.63) is 52.1 Å². The van der Waals surface area contributed by atoms with Crippen molar-refractivity contribution >= 4 is 5.97 Å². The van der Waals surface area contributed by atoms with Gasteiger partial charge in [-0.05, 0) is 18.1 Å².